The molecule has 1 aliphatic rings. The molecule has 0 spiro atoms. The third-order valence-corrected chi connectivity index (χ3v) is 7.07. The first kappa shape index (κ1) is 24.7. The van der Waals surface area contributed by atoms with Crippen LogP contribution in [0.1, 0.15) is 30.9 Å². The minimum absolute atomic E-state index is 0.305. The Morgan fingerprint density at radius 1 is 1.08 bits per heavy atom. The van der Waals surface area contributed by atoms with Gasteiger partial charge in [0.25, 0.3) is 6.01 Å². The number of carboxylic acid groups (broad SMARTS) is 1. The van der Waals surface area contributed by atoms with Crippen molar-refractivity contribution in [1.29, 1.82) is 0 Å². The molecule has 1 aliphatic carbocycles. The van der Waals surface area contributed by atoms with Gasteiger partial charge in [0.15, 0.2) is 0 Å². The Morgan fingerprint density at radius 2 is 1.87 bits per heavy atom. The van der Waals surface area contributed by atoms with E-state index in [1.54, 1.807) is 12.1 Å². The lowest BCUT2D eigenvalue weighted by molar-refractivity contribution is 0.144. The molecule has 39 heavy (non-hydrogen) atoms. The number of fused-ring (bicyclic) bond motifs is 1. The second-order valence-electron chi connectivity index (χ2n) is 10.0. The van der Waals surface area contributed by atoms with E-state index in [0.29, 0.717) is 24.9 Å². The van der Waals surface area contributed by atoms with Crippen LogP contribution in [0.15, 0.2) is 73.2 Å². The zero-order chi connectivity index (χ0) is 26.9. The maximum absolute atomic E-state index is 11.1. The Bertz CT molecular complexity index is 1650. The molecule has 3 aromatic carbocycles. The van der Waals surface area contributed by atoms with E-state index >= 15 is 0 Å². The molecule has 0 radical (unpaired) electrons. The Labute approximate surface area is 226 Å². The van der Waals surface area contributed by atoms with Crippen molar-refractivity contribution in [3.63, 3.8) is 0 Å². The molecule has 0 unspecified atom stereocenters. The molecule has 1 saturated carbocycles. The smallest absolute Gasteiger partial charge is 0.465 e. The Hall–Kier alpha value is -4.59. The summed E-state index contributed by atoms with van der Waals surface area (Å²) < 4.78 is 15.2. The molecule has 198 valence electrons. The summed E-state index contributed by atoms with van der Waals surface area (Å²) in [6.07, 6.45) is 5.34. The molecule has 1 N–H and O–H groups in total. The number of benzene rings is 3. The van der Waals surface area contributed by atoms with Crippen LogP contribution in [-0.4, -0.2) is 37.0 Å². The maximum Gasteiger partial charge on any atom is 0.511 e. The number of ether oxygens (including phenoxy) is 2. The number of hydrogen-bond donors (Lipinski definition) is 1. The molecular formula is C31H30N4O4. The fourth-order valence-electron chi connectivity index (χ4n) is 4.98. The van der Waals surface area contributed by atoms with Gasteiger partial charge in [0.05, 0.1) is 36.2 Å². The Kier molecular flexibility index (Phi) is 6.52. The van der Waals surface area contributed by atoms with Gasteiger partial charge in [-0.25, -0.2) is 9.78 Å². The largest absolute Gasteiger partial charge is 0.511 e. The number of rotatable bonds is 9. The number of imidazole rings is 2. The zero-order valence-corrected chi connectivity index (χ0v) is 22.0. The van der Waals surface area contributed by atoms with Gasteiger partial charge in [-0.3, -0.25) is 4.57 Å². The molecule has 0 aliphatic heterocycles. The summed E-state index contributed by atoms with van der Waals surface area (Å²) in [7, 11) is 0. The van der Waals surface area contributed by atoms with E-state index in [-0.39, 0.29) is 0 Å². The molecule has 0 amide bonds. The average Bonchev–Trinajstić information content (AvgIpc) is 3.50. The van der Waals surface area contributed by atoms with Crippen molar-refractivity contribution in [2.24, 2.45) is 5.92 Å². The monoisotopic (exact) mass is 522 g/mol. The van der Waals surface area contributed by atoms with Gasteiger partial charge in [-0.05, 0) is 67.5 Å². The second kappa shape index (κ2) is 10.3. The van der Waals surface area contributed by atoms with Crippen molar-refractivity contribution in [3.8, 4) is 34.1 Å². The average molecular weight is 523 g/mol. The summed E-state index contributed by atoms with van der Waals surface area (Å²) in [5.74, 6) is 1.09. The molecule has 6 rings (SSSR count). The Balaban J connectivity index is 1.33. The predicted molar refractivity (Wildman–Crippen MR) is 149 cm³/mol. The van der Waals surface area contributed by atoms with E-state index in [0.717, 1.165) is 57.0 Å². The van der Waals surface area contributed by atoms with Gasteiger partial charge >= 0.3 is 6.16 Å². The number of aryl methyl sites for hydroxylation is 1. The van der Waals surface area contributed by atoms with E-state index in [1.807, 2.05) is 49.6 Å². The first-order valence-corrected chi connectivity index (χ1v) is 13.2. The summed E-state index contributed by atoms with van der Waals surface area (Å²) in [5, 5.41) is 9.08. The number of carbonyl (C=O) groups is 1. The van der Waals surface area contributed by atoms with Crippen molar-refractivity contribution in [1.82, 2.24) is 19.1 Å². The van der Waals surface area contributed by atoms with Crippen LogP contribution < -0.4 is 9.47 Å². The van der Waals surface area contributed by atoms with E-state index in [9.17, 15) is 4.79 Å². The van der Waals surface area contributed by atoms with Gasteiger partial charge in [-0.2, -0.15) is 4.98 Å². The van der Waals surface area contributed by atoms with Crippen LogP contribution in [0.3, 0.4) is 0 Å². The molecule has 0 atom stereocenters. The number of para-hydroxylation sites is 1. The van der Waals surface area contributed by atoms with Crippen LogP contribution >= 0.6 is 0 Å². The van der Waals surface area contributed by atoms with Crippen LogP contribution in [0.25, 0.3) is 33.4 Å². The summed E-state index contributed by atoms with van der Waals surface area (Å²) >= 11 is 0. The van der Waals surface area contributed by atoms with Gasteiger partial charge in [-0.1, -0.05) is 42.5 Å². The van der Waals surface area contributed by atoms with E-state index in [2.05, 4.69) is 34.4 Å². The van der Waals surface area contributed by atoms with E-state index in [4.69, 9.17) is 24.5 Å². The zero-order valence-electron chi connectivity index (χ0n) is 22.0. The highest BCUT2D eigenvalue weighted by Gasteiger charge is 2.22. The maximum atomic E-state index is 11.1. The lowest BCUT2D eigenvalue weighted by atomic mass is 10.0. The van der Waals surface area contributed by atoms with Gasteiger partial charge in [0.2, 0.25) is 0 Å². The third kappa shape index (κ3) is 5.23. The Morgan fingerprint density at radius 3 is 2.62 bits per heavy atom. The quantitative estimate of drug-likeness (QED) is 0.169. The van der Waals surface area contributed by atoms with Crippen molar-refractivity contribution in [3.05, 3.63) is 84.3 Å². The van der Waals surface area contributed by atoms with Crippen LogP contribution in [0.4, 0.5) is 4.79 Å². The lowest BCUT2D eigenvalue weighted by Crippen LogP contribution is -2.05. The fourth-order valence-corrected chi connectivity index (χ4v) is 4.98. The number of hydrogen-bond acceptors (Lipinski definition) is 5. The standard InChI is InChI=1S/C31H30N4O4/c1-3-38-30-33-29-20(2)14-24(26-18-34(19-32-26)16-21-8-9-21)15-27(29)35(30)17-22-10-12-23(13-11-22)25-6-4-5-7-28(25)39-31(36)37/h4-7,10-15,18-19,21H,3,8-9,16-17H2,1-2H3,(H,36,37). The van der Waals surface area contributed by atoms with Crippen LogP contribution in [0.2, 0.25) is 0 Å². The molecular weight excluding hydrogens is 492 g/mol. The second-order valence-corrected chi connectivity index (χ2v) is 10.0. The highest BCUT2D eigenvalue weighted by Crippen LogP contribution is 2.34. The third-order valence-electron chi connectivity index (χ3n) is 7.07. The topological polar surface area (TPSA) is 91.4 Å². The summed E-state index contributed by atoms with van der Waals surface area (Å²) in [6, 6.07) is 20.0. The van der Waals surface area contributed by atoms with Crippen LogP contribution in [-0.2, 0) is 13.1 Å². The van der Waals surface area contributed by atoms with Crippen molar-refractivity contribution >= 4 is 17.2 Å². The first-order chi connectivity index (χ1) is 19.0. The molecule has 8 heteroatoms. The fraction of sp³-hybridized carbons (Fsp3) is 0.258. The highest BCUT2D eigenvalue weighted by atomic mass is 16.7. The lowest BCUT2D eigenvalue weighted by Gasteiger charge is -2.12. The van der Waals surface area contributed by atoms with Crippen molar-refractivity contribution in [2.75, 3.05) is 6.61 Å². The van der Waals surface area contributed by atoms with Crippen LogP contribution in [0, 0.1) is 12.8 Å². The van der Waals surface area contributed by atoms with Crippen molar-refractivity contribution in [2.45, 2.75) is 39.8 Å². The molecule has 5 aromatic rings. The van der Waals surface area contributed by atoms with Gasteiger partial charge in [0, 0.05) is 23.9 Å². The van der Waals surface area contributed by atoms with E-state index in [1.165, 1.54) is 12.8 Å². The summed E-state index contributed by atoms with van der Waals surface area (Å²) in [6.45, 7) is 6.15. The highest BCUT2D eigenvalue weighted by molar-refractivity contribution is 5.85. The normalized spacial score (nSPS) is 13.1. The minimum Gasteiger partial charge on any atom is -0.465 e. The summed E-state index contributed by atoms with van der Waals surface area (Å²) in [4.78, 5) is 20.6. The summed E-state index contributed by atoms with van der Waals surface area (Å²) in [5.41, 5.74) is 7.65. The first-order valence-electron chi connectivity index (χ1n) is 13.2. The van der Waals surface area contributed by atoms with Gasteiger partial charge < -0.3 is 19.1 Å². The number of nitrogens with zero attached hydrogens (tertiary/aromatic N) is 4. The molecule has 1 fully saturated rings. The molecule has 2 heterocycles. The van der Waals surface area contributed by atoms with Crippen LogP contribution in [0.5, 0.6) is 11.8 Å². The van der Waals surface area contributed by atoms with E-state index < -0.39 is 6.16 Å². The number of aromatic nitrogens is 4. The molecule has 0 bridgehead atoms. The minimum atomic E-state index is -1.33. The molecule has 8 nitrogen and oxygen atoms in total. The van der Waals surface area contributed by atoms with Crippen molar-refractivity contribution < 1.29 is 19.4 Å². The molecule has 2 aromatic heterocycles. The van der Waals surface area contributed by atoms with Gasteiger partial charge in [-0.15, -0.1) is 0 Å². The SMILES string of the molecule is CCOc1nc2c(C)cc(-c3cn(CC4CC4)cn3)cc2n1Cc1ccc(-c2ccccc2OC(=O)O)cc1. The molecule has 0 saturated heterocycles. The predicted octanol–water partition coefficient (Wildman–Crippen LogP) is 6.79. The van der Waals surface area contributed by atoms with Gasteiger partial charge in [0.1, 0.15) is 5.75 Å².